The van der Waals surface area contributed by atoms with Crippen molar-refractivity contribution in [2.75, 3.05) is 44.8 Å². The van der Waals surface area contributed by atoms with Crippen LogP contribution in [0.4, 0.5) is 10.3 Å². The number of anilines is 1. The molecule has 8 heteroatoms. The van der Waals surface area contributed by atoms with E-state index in [2.05, 4.69) is 9.97 Å². The normalized spacial score (nSPS) is 14.9. The zero-order valence-corrected chi connectivity index (χ0v) is 17.1. The monoisotopic (exact) mass is 402 g/mol. The van der Waals surface area contributed by atoms with Crippen LogP contribution in [0.25, 0.3) is 11.1 Å². The molecule has 1 aromatic carbocycles. The lowest BCUT2D eigenvalue weighted by Gasteiger charge is -2.38. The van der Waals surface area contributed by atoms with E-state index in [1.807, 2.05) is 23.6 Å². The van der Waals surface area contributed by atoms with Crippen LogP contribution in [0.1, 0.15) is 19.4 Å². The van der Waals surface area contributed by atoms with Crippen molar-refractivity contribution in [2.45, 2.75) is 20.5 Å². The first-order chi connectivity index (χ1) is 13.9. The number of piperazine rings is 1. The number of amides is 1. The number of methoxy groups -OCH3 is 1. The van der Waals surface area contributed by atoms with Crippen LogP contribution in [-0.2, 0) is 16.1 Å². The Morgan fingerprint density at radius 2 is 1.86 bits per heavy atom. The Kier molecular flexibility index (Phi) is 6.44. The first-order valence-electron chi connectivity index (χ1n) is 9.61. The standard InChI is InChI=1S/C21H27FN4O3/c1-21(2,14-29-3)19(28)25-7-9-26(10-8-25)20-23-11-16(12-24-20)17-6-4-5-15(13-27)18(17)22/h4-6,11-12,27H,7-10,13-14H2,1-3H3. The topological polar surface area (TPSA) is 78.8 Å². The number of halogens is 1. The van der Waals surface area contributed by atoms with Crippen molar-refractivity contribution in [3.63, 3.8) is 0 Å². The number of aliphatic hydroxyl groups is 1. The lowest BCUT2D eigenvalue weighted by Crippen LogP contribution is -2.53. The molecule has 1 aromatic heterocycles. The molecule has 1 N–H and O–H groups in total. The summed E-state index contributed by atoms with van der Waals surface area (Å²) in [7, 11) is 1.60. The molecule has 1 fully saturated rings. The summed E-state index contributed by atoms with van der Waals surface area (Å²) in [5.74, 6) is 0.169. The molecule has 1 saturated heterocycles. The third-order valence-electron chi connectivity index (χ3n) is 5.13. The van der Waals surface area contributed by atoms with Gasteiger partial charge in [0.15, 0.2) is 0 Å². The van der Waals surface area contributed by atoms with Crippen LogP contribution in [0.3, 0.4) is 0 Å². The predicted octanol–water partition coefficient (Wildman–Crippen LogP) is 2.10. The van der Waals surface area contributed by atoms with Crippen molar-refractivity contribution >= 4 is 11.9 Å². The molecule has 2 aromatic rings. The predicted molar refractivity (Wildman–Crippen MR) is 108 cm³/mol. The van der Waals surface area contributed by atoms with E-state index in [1.165, 1.54) is 0 Å². The van der Waals surface area contributed by atoms with Crippen molar-refractivity contribution in [1.82, 2.24) is 14.9 Å². The Balaban J connectivity index is 1.66. The Hall–Kier alpha value is -2.58. The van der Waals surface area contributed by atoms with E-state index in [-0.39, 0.29) is 18.1 Å². The summed E-state index contributed by atoms with van der Waals surface area (Å²) in [6, 6.07) is 4.88. The van der Waals surface area contributed by atoms with Crippen LogP contribution >= 0.6 is 0 Å². The molecule has 7 nitrogen and oxygen atoms in total. The van der Waals surface area contributed by atoms with Gasteiger partial charge in [-0.3, -0.25) is 4.79 Å². The number of carbonyl (C=O) groups excluding carboxylic acids is 1. The highest BCUT2D eigenvalue weighted by atomic mass is 19.1. The van der Waals surface area contributed by atoms with Crippen LogP contribution in [-0.4, -0.2) is 65.8 Å². The minimum Gasteiger partial charge on any atom is -0.392 e. The number of aromatic nitrogens is 2. The molecule has 0 atom stereocenters. The molecule has 29 heavy (non-hydrogen) atoms. The van der Waals surface area contributed by atoms with Crippen LogP contribution in [0.5, 0.6) is 0 Å². The van der Waals surface area contributed by atoms with Crippen molar-refractivity contribution in [3.05, 3.63) is 42.0 Å². The molecule has 2 heterocycles. The van der Waals surface area contributed by atoms with Gasteiger partial charge in [-0.1, -0.05) is 18.2 Å². The Morgan fingerprint density at radius 1 is 1.21 bits per heavy atom. The van der Waals surface area contributed by atoms with Gasteiger partial charge in [0.25, 0.3) is 0 Å². The number of nitrogens with zero attached hydrogens (tertiary/aromatic N) is 4. The summed E-state index contributed by atoms with van der Waals surface area (Å²) < 4.78 is 19.6. The molecule has 3 rings (SSSR count). The summed E-state index contributed by atoms with van der Waals surface area (Å²) in [6.07, 6.45) is 3.17. The van der Waals surface area contributed by atoms with Gasteiger partial charge in [-0.05, 0) is 13.8 Å². The van der Waals surface area contributed by atoms with Crippen LogP contribution < -0.4 is 4.90 Å². The summed E-state index contributed by atoms with van der Waals surface area (Å²) >= 11 is 0. The number of ether oxygens (including phenoxy) is 1. The van der Waals surface area contributed by atoms with Crippen molar-refractivity contribution in [2.24, 2.45) is 5.41 Å². The number of carbonyl (C=O) groups is 1. The maximum absolute atomic E-state index is 14.4. The molecule has 0 unspecified atom stereocenters. The molecule has 156 valence electrons. The highest BCUT2D eigenvalue weighted by molar-refractivity contribution is 5.82. The van der Waals surface area contributed by atoms with Gasteiger partial charge in [0, 0.05) is 62.4 Å². The average molecular weight is 402 g/mol. The van der Waals surface area contributed by atoms with Crippen molar-refractivity contribution in [3.8, 4) is 11.1 Å². The molecule has 0 radical (unpaired) electrons. The van der Waals surface area contributed by atoms with Gasteiger partial charge in [0.05, 0.1) is 18.6 Å². The van der Waals surface area contributed by atoms with Crippen LogP contribution in [0, 0.1) is 11.2 Å². The Labute approximate surface area is 170 Å². The second-order valence-electron chi connectivity index (χ2n) is 7.80. The third kappa shape index (κ3) is 4.54. The molecule has 0 bridgehead atoms. The lowest BCUT2D eigenvalue weighted by atomic mass is 9.92. The molecule has 0 spiro atoms. The molecular weight excluding hydrogens is 375 g/mol. The Bertz CT molecular complexity index is 850. The van der Waals surface area contributed by atoms with E-state index in [0.717, 1.165) is 0 Å². The maximum Gasteiger partial charge on any atom is 0.230 e. The number of hydrogen-bond acceptors (Lipinski definition) is 6. The molecule has 1 aliphatic heterocycles. The van der Waals surface area contributed by atoms with Gasteiger partial charge in [-0.15, -0.1) is 0 Å². The van der Waals surface area contributed by atoms with Gasteiger partial charge in [-0.2, -0.15) is 0 Å². The lowest BCUT2D eigenvalue weighted by molar-refractivity contribution is -0.143. The summed E-state index contributed by atoms with van der Waals surface area (Å²) in [6.45, 7) is 6.23. The zero-order chi connectivity index (χ0) is 21.0. The number of benzene rings is 1. The minimum atomic E-state index is -0.553. The fourth-order valence-corrected chi connectivity index (χ4v) is 3.51. The van der Waals surface area contributed by atoms with Crippen LogP contribution in [0.2, 0.25) is 0 Å². The van der Waals surface area contributed by atoms with Gasteiger partial charge >= 0.3 is 0 Å². The molecule has 1 aliphatic rings. The van der Waals surface area contributed by atoms with E-state index < -0.39 is 11.2 Å². The van der Waals surface area contributed by atoms with Gasteiger partial charge in [-0.25, -0.2) is 14.4 Å². The van der Waals surface area contributed by atoms with E-state index >= 15 is 0 Å². The molecule has 1 amide bonds. The number of hydrogen-bond donors (Lipinski definition) is 1. The quantitative estimate of drug-likeness (QED) is 0.797. The van der Waals surface area contributed by atoms with E-state index in [4.69, 9.17) is 4.74 Å². The summed E-state index contributed by atoms with van der Waals surface area (Å²) in [5, 5.41) is 9.23. The fraction of sp³-hybridized carbons (Fsp3) is 0.476. The number of rotatable bonds is 6. The highest BCUT2D eigenvalue weighted by Gasteiger charge is 2.34. The average Bonchev–Trinajstić information content (AvgIpc) is 2.74. The summed E-state index contributed by atoms with van der Waals surface area (Å²) in [5.41, 5.74) is 0.599. The van der Waals surface area contributed by atoms with Crippen molar-refractivity contribution < 1.29 is 19.0 Å². The Morgan fingerprint density at radius 3 is 2.45 bits per heavy atom. The molecular formula is C21H27FN4O3. The summed E-state index contributed by atoms with van der Waals surface area (Å²) in [4.78, 5) is 25.3. The smallest absolute Gasteiger partial charge is 0.230 e. The van der Waals surface area contributed by atoms with Gasteiger partial charge < -0.3 is 19.6 Å². The van der Waals surface area contributed by atoms with Crippen molar-refractivity contribution in [1.29, 1.82) is 0 Å². The van der Waals surface area contributed by atoms with Gasteiger partial charge in [0.2, 0.25) is 11.9 Å². The second kappa shape index (κ2) is 8.84. The maximum atomic E-state index is 14.4. The van der Waals surface area contributed by atoms with E-state index in [1.54, 1.807) is 37.7 Å². The third-order valence-corrected chi connectivity index (χ3v) is 5.13. The SMILES string of the molecule is COCC(C)(C)C(=O)N1CCN(c2ncc(-c3cccc(CO)c3F)cn2)CC1. The van der Waals surface area contributed by atoms with E-state index in [9.17, 15) is 14.3 Å². The number of aliphatic hydroxyl groups excluding tert-OH is 1. The largest absolute Gasteiger partial charge is 0.392 e. The fourth-order valence-electron chi connectivity index (χ4n) is 3.51. The van der Waals surface area contributed by atoms with E-state index in [0.29, 0.717) is 49.9 Å². The second-order valence-corrected chi connectivity index (χ2v) is 7.80. The van der Waals surface area contributed by atoms with Crippen LogP contribution in [0.15, 0.2) is 30.6 Å². The first-order valence-corrected chi connectivity index (χ1v) is 9.61. The molecule has 0 aliphatic carbocycles. The first kappa shape index (κ1) is 21.1. The van der Waals surface area contributed by atoms with Gasteiger partial charge in [0.1, 0.15) is 5.82 Å². The zero-order valence-electron chi connectivity index (χ0n) is 17.1. The minimum absolute atomic E-state index is 0.0782. The highest BCUT2D eigenvalue weighted by Crippen LogP contribution is 2.25. The molecule has 0 saturated carbocycles.